The highest BCUT2D eigenvalue weighted by Crippen LogP contribution is 2.42. The molecule has 1 fully saturated rings. The van der Waals surface area contributed by atoms with Crippen LogP contribution in [-0.4, -0.2) is 54.8 Å². The molecule has 5 rings (SSSR count). The topological polar surface area (TPSA) is 43.9 Å². The molecule has 0 N–H and O–H groups in total. The molecule has 0 unspecified atom stereocenters. The monoisotopic (exact) mass is 487 g/mol. The number of rotatable bonds is 4. The maximum atomic E-state index is 14.1. The Hall–Kier alpha value is -3.42. The number of amides is 2. The van der Waals surface area contributed by atoms with Gasteiger partial charge in [-0.15, -0.1) is 0 Å². The van der Waals surface area contributed by atoms with Gasteiger partial charge in [0.25, 0.3) is 11.8 Å². The summed E-state index contributed by atoms with van der Waals surface area (Å²) in [5, 5.41) is 0. The van der Waals surface area contributed by atoms with Crippen LogP contribution < -0.4 is 4.90 Å². The van der Waals surface area contributed by atoms with Crippen molar-refractivity contribution < 1.29 is 14.0 Å². The van der Waals surface area contributed by atoms with Gasteiger partial charge in [0.15, 0.2) is 0 Å². The van der Waals surface area contributed by atoms with Crippen LogP contribution in [-0.2, 0) is 11.3 Å². The van der Waals surface area contributed by atoms with Gasteiger partial charge in [0.1, 0.15) is 5.82 Å². The van der Waals surface area contributed by atoms with Crippen LogP contribution in [0.5, 0.6) is 0 Å². The zero-order valence-corrected chi connectivity index (χ0v) is 20.3. The fourth-order valence-corrected chi connectivity index (χ4v) is 5.48. The molecule has 2 aliphatic rings. The minimum atomic E-state index is -0.369. The van der Waals surface area contributed by atoms with Crippen molar-refractivity contribution in [1.29, 1.82) is 0 Å². The Morgan fingerprint density at radius 1 is 0.971 bits per heavy atom. The number of carbonyl (C=O) groups excluding carboxylic acids is 2. The number of anilines is 1. The molecule has 0 radical (unpaired) electrons. The minimum absolute atomic E-state index is 0.0225. The van der Waals surface area contributed by atoms with Gasteiger partial charge in [0.05, 0.1) is 10.6 Å². The van der Waals surface area contributed by atoms with Gasteiger partial charge >= 0.3 is 0 Å². The maximum absolute atomic E-state index is 14.1. The summed E-state index contributed by atoms with van der Waals surface area (Å²) in [5.41, 5.74) is 2.91. The van der Waals surface area contributed by atoms with Crippen molar-refractivity contribution >= 4 is 35.3 Å². The van der Waals surface area contributed by atoms with Crippen molar-refractivity contribution in [2.75, 3.05) is 38.1 Å². The van der Waals surface area contributed by atoms with E-state index in [9.17, 15) is 14.0 Å². The molecule has 3 aromatic rings. The molecule has 0 spiro atoms. The third kappa shape index (κ3) is 5.01. The maximum Gasteiger partial charge on any atom is 0.264 e. The number of hydrogen-bond donors (Lipinski definition) is 0. The molecule has 35 heavy (non-hydrogen) atoms. The highest BCUT2D eigenvalue weighted by Gasteiger charge is 2.29. The highest BCUT2D eigenvalue weighted by atomic mass is 32.2. The van der Waals surface area contributed by atoms with E-state index in [1.807, 2.05) is 35.2 Å². The molecule has 2 amide bonds. The van der Waals surface area contributed by atoms with E-state index in [2.05, 4.69) is 17.0 Å². The zero-order chi connectivity index (χ0) is 24.4. The average Bonchev–Trinajstić information content (AvgIpc) is 2.89. The number of halogens is 1. The second-order valence-electron chi connectivity index (χ2n) is 8.73. The smallest absolute Gasteiger partial charge is 0.264 e. The summed E-state index contributed by atoms with van der Waals surface area (Å²) in [6.45, 7) is 3.87. The first-order valence-electron chi connectivity index (χ1n) is 11.6. The second-order valence-corrected chi connectivity index (χ2v) is 9.82. The van der Waals surface area contributed by atoms with E-state index in [1.54, 1.807) is 37.4 Å². The molecule has 2 heterocycles. The van der Waals surface area contributed by atoms with E-state index in [-0.39, 0.29) is 17.6 Å². The summed E-state index contributed by atoms with van der Waals surface area (Å²) >= 11 is 1.30. The molecule has 0 atom stereocenters. The van der Waals surface area contributed by atoms with Crippen molar-refractivity contribution in [3.05, 3.63) is 100 Å². The van der Waals surface area contributed by atoms with Crippen LogP contribution in [0.25, 0.3) is 6.08 Å². The number of benzene rings is 3. The molecule has 3 aromatic carbocycles. The van der Waals surface area contributed by atoms with Crippen molar-refractivity contribution in [3.8, 4) is 0 Å². The van der Waals surface area contributed by atoms with Crippen molar-refractivity contribution in [2.24, 2.45) is 0 Å². The number of piperazine rings is 1. The Kier molecular flexibility index (Phi) is 6.70. The second kappa shape index (κ2) is 10.1. The molecule has 0 saturated carbocycles. The number of nitrogens with zero attached hydrogens (tertiary/aromatic N) is 3. The highest BCUT2D eigenvalue weighted by molar-refractivity contribution is 8.04. The number of carbonyl (C=O) groups is 2. The first-order valence-corrected chi connectivity index (χ1v) is 12.4. The summed E-state index contributed by atoms with van der Waals surface area (Å²) in [4.78, 5) is 33.3. The fourth-order valence-electron chi connectivity index (χ4n) is 4.39. The minimum Gasteiger partial charge on any atom is -0.336 e. The van der Waals surface area contributed by atoms with Crippen LogP contribution >= 0.6 is 11.8 Å². The largest absolute Gasteiger partial charge is 0.336 e. The summed E-state index contributed by atoms with van der Waals surface area (Å²) in [6, 6.07) is 22.2. The Labute approximate surface area is 208 Å². The number of fused-ring (bicyclic) bond motifs is 1. The van der Waals surface area contributed by atoms with Crippen LogP contribution in [0.3, 0.4) is 0 Å². The Bertz CT molecular complexity index is 1290. The summed E-state index contributed by atoms with van der Waals surface area (Å²) in [6.07, 6.45) is 1.58. The Morgan fingerprint density at radius 2 is 1.69 bits per heavy atom. The van der Waals surface area contributed by atoms with Crippen LogP contribution in [0.2, 0.25) is 0 Å². The predicted molar refractivity (Wildman–Crippen MR) is 138 cm³/mol. The van der Waals surface area contributed by atoms with Gasteiger partial charge in [-0.1, -0.05) is 60.3 Å². The molecular formula is C28H26FN3O2S. The van der Waals surface area contributed by atoms with E-state index in [0.717, 1.165) is 24.5 Å². The lowest BCUT2D eigenvalue weighted by molar-refractivity contribution is -0.114. The van der Waals surface area contributed by atoms with Gasteiger partial charge in [-0.25, -0.2) is 4.39 Å². The van der Waals surface area contributed by atoms with E-state index in [4.69, 9.17) is 0 Å². The van der Waals surface area contributed by atoms with E-state index in [1.165, 1.54) is 28.3 Å². The third-order valence-corrected chi connectivity index (χ3v) is 7.48. The van der Waals surface area contributed by atoms with Crippen molar-refractivity contribution in [1.82, 2.24) is 9.80 Å². The third-order valence-electron chi connectivity index (χ3n) is 6.40. The number of thioether (sulfide) groups is 1. The Balaban J connectivity index is 1.28. The number of hydrogen-bond acceptors (Lipinski definition) is 4. The van der Waals surface area contributed by atoms with Gasteiger partial charge < -0.3 is 9.80 Å². The molecule has 5 nitrogen and oxygen atoms in total. The fraction of sp³-hybridized carbons (Fsp3) is 0.214. The predicted octanol–water partition coefficient (Wildman–Crippen LogP) is 4.89. The lowest BCUT2D eigenvalue weighted by atomic mass is 10.1. The van der Waals surface area contributed by atoms with Crippen molar-refractivity contribution in [3.63, 3.8) is 0 Å². The van der Waals surface area contributed by atoms with Crippen LogP contribution in [0.4, 0.5) is 10.1 Å². The van der Waals surface area contributed by atoms with E-state index in [0.29, 0.717) is 34.8 Å². The molecule has 2 aliphatic heterocycles. The molecule has 178 valence electrons. The first-order chi connectivity index (χ1) is 17.0. The summed E-state index contributed by atoms with van der Waals surface area (Å²) < 4.78 is 14.1. The van der Waals surface area contributed by atoms with Gasteiger partial charge in [0.2, 0.25) is 0 Å². The van der Waals surface area contributed by atoms with Crippen LogP contribution in [0.15, 0.2) is 82.6 Å². The van der Waals surface area contributed by atoms with Gasteiger partial charge in [0, 0.05) is 55.8 Å². The van der Waals surface area contributed by atoms with Gasteiger partial charge in [-0.3, -0.25) is 14.5 Å². The first kappa shape index (κ1) is 23.3. The quantitative estimate of drug-likeness (QED) is 0.492. The molecular weight excluding hydrogens is 461 g/mol. The van der Waals surface area contributed by atoms with Gasteiger partial charge in [-0.2, -0.15) is 0 Å². The molecule has 7 heteroatoms. The number of likely N-dealkylation sites (N-methyl/N-ethyl adjacent to an activating group) is 1. The standard InChI is InChI=1S/C28H26FN3O2S/c1-30-24-17-22(27(33)32-15-13-31(14-16-32)19-20-7-3-2-4-8-20)11-12-25(24)35-26(28(30)34)18-21-9-5-6-10-23(21)29/h2-12,17-18H,13-16,19H2,1H3. The molecule has 1 saturated heterocycles. The normalized spacial score (nSPS) is 17.5. The van der Waals surface area contributed by atoms with E-state index >= 15 is 0 Å². The van der Waals surface area contributed by atoms with Crippen LogP contribution in [0, 0.1) is 5.82 Å². The lowest BCUT2D eigenvalue weighted by Crippen LogP contribution is -2.48. The molecule has 0 bridgehead atoms. The van der Waals surface area contributed by atoms with E-state index < -0.39 is 0 Å². The Morgan fingerprint density at radius 3 is 2.43 bits per heavy atom. The molecule has 0 aliphatic carbocycles. The SMILES string of the molecule is CN1C(=O)C(=Cc2ccccc2F)Sc2ccc(C(=O)N3CCN(Cc4ccccc4)CC3)cc21. The lowest BCUT2D eigenvalue weighted by Gasteiger charge is -2.35. The summed E-state index contributed by atoms with van der Waals surface area (Å²) in [7, 11) is 1.69. The van der Waals surface area contributed by atoms with Gasteiger partial charge in [-0.05, 0) is 35.9 Å². The molecule has 0 aromatic heterocycles. The average molecular weight is 488 g/mol. The van der Waals surface area contributed by atoms with Crippen molar-refractivity contribution in [2.45, 2.75) is 11.4 Å². The summed E-state index contributed by atoms with van der Waals surface area (Å²) in [5.74, 6) is -0.609. The zero-order valence-electron chi connectivity index (χ0n) is 19.5. The van der Waals surface area contributed by atoms with Crippen LogP contribution in [0.1, 0.15) is 21.5 Å².